The number of guanidine groups is 1. The first-order valence-corrected chi connectivity index (χ1v) is 10.5. The second-order valence-corrected chi connectivity index (χ2v) is 8.15. The summed E-state index contributed by atoms with van der Waals surface area (Å²) in [6.07, 6.45) is 3.62. The van der Waals surface area contributed by atoms with Gasteiger partial charge in [0, 0.05) is 83.9 Å². The molecule has 2 unspecified atom stereocenters. The molecule has 2 saturated heterocycles. The van der Waals surface area contributed by atoms with Crippen molar-refractivity contribution in [3.8, 4) is 0 Å². The highest BCUT2D eigenvalue weighted by Gasteiger charge is 2.31. The van der Waals surface area contributed by atoms with Crippen LogP contribution in [0.3, 0.4) is 0 Å². The number of nitrogens with zero attached hydrogens (tertiary/aromatic N) is 6. The Hall–Kier alpha value is -1.93. The van der Waals surface area contributed by atoms with Gasteiger partial charge in [-0.3, -0.25) is 14.8 Å². The number of rotatable bonds is 6. The van der Waals surface area contributed by atoms with Gasteiger partial charge >= 0.3 is 0 Å². The number of likely N-dealkylation sites (tertiary alicyclic amines) is 1. The van der Waals surface area contributed by atoms with Crippen molar-refractivity contribution in [2.75, 3.05) is 64.3 Å². The van der Waals surface area contributed by atoms with Crippen molar-refractivity contribution in [3.63, 3.8) is 0 Å². The van der Waals surface area contributed by atoms with Gasteiger partial charge < -0.3 is 15.5 Å². The molecule has 2 atom stereocenters. The van der Waals surface area contributed by atoms with E-state index >= 15 is 0 Å². The molecule has 3 rings (SSSR count). The maximum atomic E-state index is 4.42. The highest BCUT2D eigenvalue weighted by atomic mass is 15.3. The zero-order valence-electron chi connectivity index (χ0n) is 17.8. The maximum absolute atomic E-state index is 4.42. The molecular weight excluding hydrogens is 352 g/mol. The Morgan fingerprint density at radius 3 is 2.50 bits per heavy atom. The van der Waals surface area contributed by atoms with E-state index in [1.54, 1.807) is 0 Å². The van der Waals surface area contributed by atoms with Crippen molar-refractivity contribution >= 4 is 11.9 Å². The Bertz CT molecular complexity index is 612. The third kappa shape index (κ3) is 5.54. The lowest BCUT2D eigenvalue weighted by Crippen LogP contribution is -2.51. The molecule has 8 nitrogen and oxygen atoms in total. The quantitative estimate of drug-likeness (QED) is 0.543. The molecule has 2 fully saturated rings. The molecule has 156 valence electrons. The van der Waals surface area contributed by atoms with E-state index in [9.17, 15) is 0 Å². The van der Waals surface area contributed by atoms with Crippen LogP contribution in [-0.2, 0) is 0 Å². The predicted molar refractivity (Wildman–Crippen MR) is 115 cm³/mol. The minimum atomic E-state index is 0.461. The number of hydrogen-bond donors (Lipinski definition) is 2. The average molecular weight is 389 g/mol. The standard InChI is InChI=1S/C20H36N8/c1-16(2)28-14-17(3)18(15-28)25-19(21-4)22-8-9-26-10-12-27(13-11-26)20-23-6-5-7-24-20/h5-7,16-18H,8-15H2,1-4H3,(H2,21,22,25). The van der Waals surface area contributed by atoms with Crippen LogP contribution in [-0.4, -0.2) is 97.2 Å². The van der Waals surface area contributed by atoms with Crippen LogP contribution in [0.25, 0.3) is 0 Å². The maximum Gasteiger partial charge on any atom is 0.225 e. The fourth-order valence-corrected chi connectivity index (χ4v) is 3.94. The predicted octanol–water partition coefficient (Wildman–Crippen LogP) is 0.492. The molecule has 0 bridgehead atoms. The summed E-state index contributed by atoms with van der Waals surface area (Å²) in [7, 11) is 1.85. The second kappa shape index (κ2) is 10.0. The number of aliphatic imine (C=N–C) groups is 1. The molecule has 2 aliphatic rings. The van der Waals surface area contributed by atoms with Gasteiger partial charge in [-0.25, -0.2) is 9.97 Å². The van der Waals surface area contributed by atoms with Crippen LogP contribution in [0.5, 0.6) is 0 Å². The molecule has 2 aliphatic heterocycles. The summed E-state index contributed by atoms with van der Waals surface area (Å²) in [6, 6.07) is 2.92. The van der Waals surface area contributed by atoms with E-state index in [0.29, 0.717) is 18.0 Å². The van der Waals surface area contributed by atoms with Gasteiger partial charge in [0.1, 0.15) is 0 Å². The van der Waals surface area contributed by atoms with Crippen LogP contribution in [0.2, 0.25) is 0 Å². The summed E-state index contributed by atoms with van der Waals surface area (Å²) >= 11 is 0. The van der Waals surface area contributed by atoms with Gasteiger partial charge in [-0.15, -0.1) is 0 Å². The number of nitrogens with one attached hydrogen (secondary N) is 2. The van der Waals surface area contributed by atoms with Gasteiger partial charge in [0.2, 0.25) is 5.95 Å². The Labute approximate surface area is 169 Å². The fourth-order valence-electron chi connectivity index (χ4n) is 3.94. The summed E-state index contributed by atoms with van der Waals surface area (Å²) in [5.41, 5.74) is 0. The molecule has 0 amide bonds. The van der Waals surface area contributed by atoms with Gasteiger partial charge in [0.25, 0.3) is 0 Å². The van der Waals surface area contributed by atoms with Crippen LogP contribution < -0.4 is 15.5 Å². The van der Waals surface area contributed by atoms with Gasteiger partial charge in [0.05, 0.1) is 0 Å². The Morgan fingerprint density at radius 2 is 1.89 bits per heavy atom. The highest BCUT2D eigenvalue weighted by Crippen LogP contribution is 2.18. The lowest BCUT2D eigenvalue weighted by Gasteiger charge is -2.34. The summed E-state index contributed by atoms with van der Waals surface area (Å²) in [5, 5.41) is 7.11. The SMILES string of the molecule is CN=C(NCCN1CCN(c2ncccn2)CC1)NC1CN(C(C)C)CC1C. The molecule has 0 aliphatic carbocycles. The van der Waals surface area contributed by atoms with E-state index in [4.69, 9.17) is 0 Å². The largest absolute Gasteiger partial charge is 0.355 e. The van der Waals surface area contributed by atoms with Crippen LogP contribution >= 0.6 is 0 Å². The van der Waals surface area contributed by atoms with E-state index in [-0.39, 0.29) is 0 Å². The summed E-state index contributed by atoms with van der Waals surface area (Å²) in [5.74, 6) is 2.39. The Kier molecular flexibility index (Phi) is 7.44. The molecule has 0 radical (unpaired) electrons. The Balaban J connectivity index is 1.36. The molecule has 1 aromatic rings. The van der Waals surface area contributed by atoms with Crippen molar-refractivity contribution in [2.45, 2.75) is 32.9 Å². The highest BCUT2D eigenvalue weighted by molar-refractivity contribution is 5.80. The normalized spacial score (nSPS) is 24.8. The lowest BCUT2D eigenvalue weighted by atomic mass is 10.1. The molecule has 0 saturated carbocycles. The summed E-state index contributed by atoms with van der Waals surface area (Å²) in [6.45, 7) is 15.0. The Morgan fingerprint density at radius 1 is 1.18 bits per heavy atom. The van der Waals surface area contributed by atoms with Crippen LogP contribution in [0.1, 0.15) is 20.8 Å². The van der Waals surface area contributed by atoms with Crippen LogP contribution in [0, 0.1) is 5.92 Å². The summed E-state index contributed by atoms with van der Waals surface area (Å²) < 4.78 is 0. The van der Waals surface area contributed by atoms with Crippen molar-refractivity contribution in [2.24, 2.45) is 10.9 Å². The molecule has 28 heavy (non-hydrogen) atoms. The van der Waals surface area contributed by atoms with E-state index in [1.165, 1.54) is 0 Å². The van der Waals surface area contributed by atoms with E-state index in [2.05, 4.69) is 61.1 Å². The van der Waals surface area contributed by atoms with Gasteiger partial charge in [-0.2, -0.15) is 0 Å². The molecule has 0 aromatic carbocycles. The fraction of sp³-hybridized carbons (Fsp3) is 0.750. The average Bonchev–Trinajstić information content (AvgIpc) is 3.09. The zero-order valence-corrected chi connectivity index (χ0v) is 17.8. The smallest absolute Gasteiger partial charge is 0.225 e. The van der Waals surface area contributed by atoms with Crippen molar-refractivity contribution in [1.82, 2.24) is 30.4 Å². The van der Waals surface area contributed by atoms with Crippen LogP contribution in [0.4, 0.5) is 5.95 Å². The lowest BCUT2D eigenvalue weighted by molar-refractivity contribution is 0.260. The van der Waals surface area contributed by atoms with E-state index in [1.807, 2.05) is 25.5 Å². The first kappa shape index (κ1) is 20.8. The molecule has 0 spiro atoms. The minimum absolute atomic E-state index is 0.461. The third-order valence-electron chi connectivity index (χ3n) is 5.84. The molecule has 1 aromatic heterocycles. The molecular formula is C20H36N8. The number of piperazine rings is 1. The first-order valence-electron chi connectivity index (χ1n) is 10.5. The van der Waals surface area contributed by atoms with Gasteiger partial charge in [-0.05, 0) is 25.8 Å². The molecule has 3 heterocycles. The monoisotopic (exact) mass is 388 g/mol. The topological polar surface area (TPSA) is 71.9 Å². The van der Waals surface area contributed by atoms with Crippen molar-refractivity contribution in [1.29, 1.82) is 0 Å². The number of hydrogen-bond acceptors (Lipinski definition) is 6. The van der Waals surface area contributed by atoms with Crippen molar-refractivity contribution in [3.05, 3.63) is 18.5 Å². The third-order valence-corrected chi connectivity index (χ3v) is 5.84. The number of anilines is 1. The second-order valence-electron chi connectivity index (χ2n) is 8.15. The molecule has 8 heteroatoms. The zero-order chi connectivity index (χ0) is 19.9. The molecule has 2 N–H and O–H groups in total. The van der Waals surface area contributed by atoms with E-state index < -0.39 is 0 Å². The van der Waals surface area contributed by atoms with Gasteiger partial charge in [-0.1, -0.05) is 6.92 Å². The number of aromatic nitrogens is 2. The first-order chi connectivity index (χ1) is 13.6. The van der Waals surface area contributed by atoms with E-state index in [0.717, 1.165) is 64.3 Å². The van der Waals surface area contributed by atoms with Crippen LogP contribution in [0.15, 0.2) is 23.5 Å². The summed E-state index contributed by atoms with van der Waals surface area (Å²) in [4.78, 5) is 20.4. The van der Waals surface area contributed by atoms with Gasteiger partial charge in [0.15, 0.2) is 5.96 Å². The van der Waals surface area contributed by atoms with Crippen molar-refractivity contribution < 1.29 is 0 Å². The minimum Gasteiger partial charge on any atom is -0.355 e.